The molecule has 0 bridgehead atoms. The molecular weight excluding hydrogens is 280 g/mol. The first-order valence-electron chi connectivity index (χ1n) is 6.29. The van der Waals surface area contributed by atoms with E-state index in [0.717, 1.165) is 0 Å². The number of hydrogen-bond donors (Lipinski definition) is 1. The maximum Gasteiger partial charge on any atom is 0.243 e. The Balaban J connectivity index is 2.25. The zero-order chi connectivity index (χ0) is 14.8. The maximum absolute atomic E-state index is 12.4. The topological polar surface area (TPSA) is 83.6 Å². The van der Waals surface area contributed by atoms with Crippen LogP contribution in [0, 0.1) is 0 Å². The number of ketones is 1. The molecule has 0 aromatic heterocycles. The summed E-state index contributed by atoms with van der Waals surface area (Å²) in [6.07, 6.45) is 0.157. The van der Waals surface area contributed by atoms with E-state index in [1.807, 2.05) is 0 Å². The van der Waals surface area contributed by atoms with Crippen molar-refractivity contribution in [3.05, 3.63) is 29.8 Å². The third-order valence-electron chi connectivity index (χ3n) is 3.17. The molecule has 1 aliphatic heterocycles. The van der Waals surface area contributed by atoms with Crippen LogP contribution in [-0.2, 0) is 14.8 Å². The van der Waals surface area contributed by atoms with Crippen molar-refractivity contribution < 1.29 is 18.0 Å². The molecule has 0 saturated carbocycles. The molecule has 1 aromatic carbocycles. The molecule has 1 N–H and O–H groups in total. The Hall–Kier alpha value is -1.73. The van der Waals surface area contributed by atoms with E-state index in [1.165, 1.54) is 35.5 Å². The van der Waals surface area contributed by atoms with Crippen molar-refractivity contribution in [1.82, 2.24) is 9.62 Å². The fourth-order valence-corrected chi connectivity index (χ4v) is 3.44. The molecule has 7 heteroatoms. The van der Waals surface area contributed by atoms with Crippen LogP contribution in [0.2, 0.25) is 0 Å². The Morgan fingerprint density at radius 1 is 1.20 bits per heavy atom. The average Bonchev–Trinajstić information content (AvgIpc) is 2.64. The highest BCUT2D eigenvalue weighted by atomic mass is 32.2. The largest absolute Gasteiger partial charge is 0.355 e. The van der Waals surface area contributed by atoms with Gasteiger partial charge in [0.2, 0.25) is 15.9 Å². The number of rotatable bonds is 3. The first kappa shape index (κ1) is 14.7. The van der Waals surface area contributed by atoms with Crippen LogP contribution in [-0.4, -0.2) is 44.0 Å². The summed E-state index contributed by atoms with van der Waals surface area (Å²) in [7, 11) is -3.62. The van der Waals surface area contributed by atoms with Crippen LogP contribution in [0.15, 0.2) is 29.2 Å². The zero-order valence-electron chi connectivity index (χ0n) is 11.1. The van der Waals surface area contributed by atoms with E-state index >= 15 is 0 Å². The van der Waals surface area contributed by atoms with E-state index in [1.54, 1.807) is 0 Å². The minimum absolute atomic E-state index is 0.112. The molecule has 0 unspecified atom stereocenters. The van der Waals surface area contributed by atoms with Gasteiger partial charge in [-0.05, 0) is 19.1 Å². The van der Waals surface area contributed by atoms with Crippen LogP contribution >= 0.6 is 0 Å². The quantitative estimate of drug-likeness (QED) is 0.818. The third kappa shape index (κ3) is 3.05. The van der Waals surface area contributed by atoms with Gasteiger partial charge >= 0.3 is 0 Å². The van der Waals surface area contributed by atoms with Gasteiger partial charge in [0.05, 0.1) is 4.90 Å². The van der Waals surface area contributed by atoms with E-state index in [2.05, 4.69) is 5.32 Å². The van der Waals surface area contributed by atoms with Gasteiger partial charge < -0.3 is 5.32 Å². The van der Waals surface area contributed by atoms with E-state index in [-0.39, 0.29) is 36.1 Å². The van der Waals surface area contributed by atoms with E-state index in [0.29, 0.717) is 12.1 Å². The summed E-state index contributed by atoms with van der Waals surface area (Å²) in [5, 5.41) is 2.63. The molecule has 108 valence electrons. The second-order valence-electron chi connectivity index (χ2n) is 4.58. The van der Waals surface area contributed by atoms with Gasteiger partial charge in [-0.2, -0.15) is 4.31 Å². The molecular formula is C13H16N2O4S. The first-order valence-corrected chi connectivity index (χ1v) is 7.73. The van der Waals surface area contributed by atoms with Gasteiger partial charge in [0.1, 0.15) is 0 Å². The standard InChI is InChI=1S/C13H16N2O4S/c1-10(16)11-2-4-12(5-3-11)20(18,19)15-8-6-13(17)14-7-9-15/h2-5H,6-9H2,1H3,(H,14,17). The predicted octanol–water partition coefficient (Wildman–Crippen LogP) is 0.400. The first-order chi connectivity index (χ1) is 9.41. The fraction of sp³-hybridized carbons (Fsp3) is 0.385. The smallest absolute Gasteiger partial charge is 0.243 e. The zero-order valence-corrected chi connectivity index (χ0v) is 11.9. The molecule has 0 atom stereocenters. The second-order valence-corrected chi connectivity index (χ2v) is 6.52. The van der Waals surface area contributed by atoms with Gasteiger partial charge in [-0.25, -0.2) is 8.42 Å². The summed E-state index contributed by atoms with van der Waals surface area (Å²) >= 11 is 0. The van der Waals surface area contributed by atoms with Crippen LogP contribution < -0.4 is 5.32 Å². The number of nitrogens with zero attached hydrogens (tertiary/aromatic N) is 1. The Morgan fingerprint density at radius 3 is 2.45 bits per heavy atom. The van der Waals surface area contributed by atoms with Crippen LogP contribution in [0.1, 0.15) is 23.7 Å². The summed E-state index contributed by atoms with van der Waals surface area (Å²) < 4.78 is 26.1. The van der Waals surface area contributed by atoms with Crippen LogP contribution in [0.4, 0.5) is 0 Å². The number of carbonyl (C=O) groups excluding carboxylic acids is 2. The van der Waals surface area contributed by atoms with Gasteiger partial charge in [0.25, 0.3) is 0 Å². The van der Waals surface area contributed by atoms with Crippen molar-refractivity contribution in [2.45, 2.75) is 18.2 Å². The Kier molecular flexibility index (Phi) is 4.20. The summed E-state index contributed by atoms with van der Waals surface area (Å²) in [6.45, 7) is 2.16. The van der Waals surface area contributed by atoms with Crippen molar-refractivity contribution in [1.29, 1.82) is 0 Å². The molecule has 6 nitrogen and oxygen atoms in total. The number of benzene rings is 1. The Bertz CT molecular complexity index is 622. The summed E-state index contributed by atoms with van der Waals surface area (Å²) in [5.74, 6) is -0.256. The minimum Gasteiger partial charge on any atom is -0.355 e. The molecule has 1 amide bonds. The summed E-state index contributed by atoms with van der Waals surface area (Å²) in [6, 6.07) is 5.84. The number of Topliss-reactive ketones (excluding diaryl/α,β-unsaturated/α-hetero) is 1. The van der Waals surface area contributed by atoms with Crippen molar-refractivity contribution in [3.63, 3.8) is 0 Å². The monoisotopic (exact) mass is 296 g/mol. The van der Waals surface area contributed by atoms with Gasteiger partial charge in [-0.1, -0.05) is 12.1 Å². The normalized spacial score (nSPS) is 17.4. The number of carbonyl (C=O) groups is 2. The lowest BCUT2D eigenvalue weighted by Crippen LogP contribution is -2.34. The fourth-order valence-electron chi connectivity index (χ4n) is 2.00. The molecule has 2 rings (SSSR count). The van der Waals surface area contributed by atoms with E-state index in [9.17, 15) is 18.0 Å². The third-order valence-corrected chi connectivity index (χ3v) is 5.08. The Morgan fingerprint density at radius 2 is 1.85 bits per heavy atom. The highest BCUT2D eigenvalue weighted by Gasteiger charge is 2.26. The number of nitrogens with one attached hydrogen (secondary N) is 1. The molecule has 20 heavy (non-hydrogen) atoms. The molecule has 1 heterocycles. The maximum atomic E-state index is 12.4. The number of hydrogen-bond acceptors (Lipinski definition) is 4. The van der Waals surface area contributed by atoms with Crippen molar-refractivity contribution >= 4 is 21.7 Å². The second kappa shape index (κ2) is 5.72. The average molecular weight is 296 g/mol. The van der Waals surface area contributed by atoms with Gasteiger partial charge in [-0.3, -0.25) is 9.59 Å². The van der Waals surface area contributed by atoms with Gasteiger partial charge in [-0.15, -0.1) is 0 Å². The van der Waals surface area contributed by atoms with E-state index in [4.69, 9.17) is 0 Å². The van der Waals surface area contributed by atoms with Crippen molar-refractivity contribution in [3.8, 4) is 0 Å². The van der Waals surface area contributed by atoms with E-state index < -0.39 is 10.0 Å². The van der Waals surface area contributed by atoms with Gasteiger partial charge in [0.15, 0.2) is 5.78 Å². The minimum atomic E-state index is -3.62. The summed E-state index contributed by atoms with van der Waals surface area (Å²) in [5.41, 5.74) is 0.469. The molecule has 1 aliphatic rings. The van der Waals surface area contributed by atoms with Crippen molar-refractivity contribution in [2.24, 2.45) is 0 Å². The van der Waals surface area contributed by atoms with Crippen LogP contribution in [0.25, 0.3) is 0 Å². The highest BCUT2D eigenvalue weighted by Crippen LogP contribution is 2.17. The lowest BCUT2D eigenvalue weighted by Gasteiger charge is -2.19. The predicted molar refractivity (Wildman–Crippen MR) is 72.8 cm³/mol. The van der Waals surface area contributed by atoms with Crippen LogP contribution in [0.5, 0.6) is 0 Å². The highest BCUT2D eigenvalue weighted by molar-refractivity contribution is 7.89. The lowest BCUT2D eigenvalue weighted by atomic mass is 10.2. The van der Waals surface area contributed by atoms with Crippen molar-refractivity contribution in [2.75, 3.05) is 19.6 Å². The molecule has 1 fully saturated rings. The number of sulfonamides is 1. The SMILES string of the molecule is CC(=O)c1ccc(S(=O)(=O)N2CCNC(=O)CC2)cc1. The van der Waals surface area contributed by atoms with Crippen LogP contribution in [0.3, 0.4) is 0 Å². The molecule has 1 saturated heterocycles. The lowest BCUT2D eigenvalue weighted by molar-refractivity contribution is -0.120. The molecule has 0 radical (unpaired) electrons. The number of amides is 1. The molecule has 0 spiro atoms. The summed E-state index contributed by atoms with van der Waals surface area (Å²) in [4.78, 5) is 22.6. The van der Waals surface area contributed by atoms with Gasteiger partial charge in [0, 0.05) is 31.6 Å². The Labute approximate surface area is 117 Å². The molecule has 0 aliphatic carbocycles. The molecule has 1 aromatic rings.